The number of rotatable bonds is 0. The Morgan fingerprint density at radius 3 is 2.38 bits per heavy atom. The molecule has 1 heterocycles. The molecule has 1 aliphatic heterocycles. The van der Waals surface area contributed by atoms with Crippen molar-refractivity contribution in [3.63, 3.8) is 0 Å². The largest absolute Gasteiger partial charge is 0.380 e. The molecule has 48 valence electrons. The first-order chi connectivity index (χ1) is 3.80. The molecule has 0 unspecified atom stereocenters. The van der Waals surface area contributed by atoms with E-state index in [4.69, 9.17) is 16.2 Å². The summed E-state index contributed by atoms with van der Waals surface area (Å²) in [6.45, 7) is 1.40. The summed E-state index contributed by atoms with van der Waals surface area (Å²) in [6.07, 6.45) is 0.904. The van der Waals surface area contributed by atoms with E-state index in [9.17, 15) is 0 Å². The maximum absolute atomic E-state index is 5.57. The topological polar surface area (TPSA) is 61.3 Å². The molecule has 2 atom stereocenters. The second-order valence-corrected chi connectivity index (χ2v) is 2.19. The van der Waals surface area contributed by atoms with Crippen LogP contribution in [0.5, 0.6) is 0 Å². The second kappa shape index (κ2) is 2.44. The molecule has 0 spiro atoms. The van der Waals surface area contributed by atoms with Crippen molar-refractivity contribution in [2.45, 2.75) is 18.5 Å². The second-order valence-electron chi connectivity index (χ2n) is 2.19. The zero-order valence-corrected chi connectivity index (χ0v) is 4.84. The van der Waals surface area contributed by atoms with Gasteiger partial charge in [0.05, 0.1) is 6.61 Å². The minimum Gasteiger partial charge on any atom is -0.380 e. The van der Waals surface area contributed by atoms with E-state index in [1.54, 1.807) is 0 Å². The monoisotopic (exact) mass is 116 g/mol. The smallest absolute Gasteiger partial charge is 0.0632 e. The molecule has 1 fully saturated rings. The Bertz CT molecular complexity index is 66.8. The maximum Gasteiger partial charge on any atom is 0.0632 e. The standard InChI is InChI=1S/C5H12N2O/c6-4-1-2-8-3-5(4)7/h4-5H,1-3,6-7H2/t4-,5-/m1/s1. The predicted octanol–water partition coefficient (Wildman–Crippen LogP) is -0.939. The molecule has 1 saturated heterocycles. The average Bonchev–Trinajstić information content (AvgIpc) is 1.77. The van der Waals surface area contributed by atoms with Gasteiger partial charge >= 0.3 is 0 Å². The Balaban J connectivity index is 2.28. The summed E-state index contributed by atoms with van der Waals surface area (Å²) in [6, 6.07) is 0.215. The molecule has 1 aliphatic rings. The zero-order valence-electron chi connectivity index (χ0n) is 4.84. The lowest BCUT2D eigenvalue weighted by Gasteiger charge is -2.24. The Labute approximate surface area is 49.0 Å². The van der Waals surface area contributed by atoms with Gasteiger partial charge in [-0.1, -0.05) is 0 Å². The maximum atomic E-state index is 5.57. The van der Waals surface area contributed by atoms with Crippen LogP contribution in [0.15, 0.2) is 0 Å². The van der Waals surface area contributed by atoms with Gasteiger partial charge in [0.25, 0.3) is 0 Å². The van der Waals surface area contributed by atoms with Crippen LogP contribution < -0.4 is 11.5 Å². The normalized spacial score (nSPS) is 39.8. The van der Waals surface area contributed by atoms with Crippen LogP contribution in [0.3, 0.4) is 0 Å². The van der Waals surface area contributed by atoms with Crippen LogP contribution in [-0.4, -0.2) is 25.3 Å². The van der Waals surface area contributed by atoms with Crippen molar-refractivity contribution < 1.29 is 4.74 Å². The summed E-state index contributed by atoms with van der Waals surface area (Å²) in [5.41, 5.74) is 11.1. The van der Waals surface area contributed by atoms with Gasteiger partial charge in [0, 0.05) is 18.7 Å². The lowest BCUT2D eigenvalue weighted by molar-refractivity contribution is 0.0711. The molecule has 0 aromatic rings. The molecule has 0 amide bonds. The summed E-state index contributed by atoms with van der Waals surface area (Å²) in [7, 11) is 0. The van der Waals surface area contributed by atoms with E-state index >= 15 is 0 Å². The molecule has 0 aromatic carbocycles. The fourth-order valence-electron chi connectivity index (χ4n) is 0.777. The first kappa shape index (κ1) is 6.01. The van der Waals surface area contributed by atoms with Crippen LogP contribution >= 0.6 is 0 Å². The zero-order chi connectivity index (χ0) is 5.98. The molecule has 3 heteroatoms. The third-order valence-corrected chi connectivity index (χ3v) is 1.46. The van der Waals surface area contributed by atoms with Gasteiger partial charge in [-0.3, -0.25) is 0 Å². The molecule has 0 aromatic heterocycles. The first-order valence-corrected chi connectivity index (χ1v) is 2.89. The van der Waals surface area contributed by atoms with E-state index in [1.807, 2.05) is 0 Å². The van der Waals surface area contributed by atoms with Crippen molar-refractivity contribution >= 4 is 0 Å². The highest BCUT2D eigenvalue weighted by Crippen LogP contribution is 2.01. The van der Waals surface area contributed by atoms with Gasteiger partial charge in [-0.05, 0) is 6.42 Å². The summed E-state index contributed by atoms with van der Waals surface area (Å²) in [5.74, 6) is 0. The van der Waals surface area contributed by atoms with E-state index in [-0.39, 0.29) is 12.1 Å². The number of hydrogen-bond acceptors (Lipinski definition) is 3. The molecule has 8 heavy (non-hydrogen) atoms. The van der Waals surface area contributed by atoms with E-state index < -0.39 is 0 Å². The summed E-state index contributed by atoms with van der Waals surface area (Å²) >= 11 is 0. The third kappa shape index (κ3) is 1.18. The van der Waals surface area contributed by atoms with Crippen molar-refractivity contribution in [1.29, 1.82) is 0 Å². The quantitative estimate of drug-likeness (QED) is 0.429. The van der Waals surface area contributed by atoms with E-state index in [0.29, 0.717) is 6.61 Å². The fraction of sp³-hybridized carbons (Fsp3) is 1.00. The Kier molecular flexibility index (Phi) is 1.83. The lowest BCUT2D eigenvalue weighted by atomic mass is 10.1. The molecular weight excluding hydrogens is 104 g/mol. The summed E-state index contributed by atoms with van der Waals surface area (Å²) in [5, 5.41) is 0. The van der Waals surface area contributed by atoms with Crippen molar-refractivity contribution in [2.75, 3.05) is 13.2 Å². The third-order valence-electron chi connectivity index (χ3n) is 1.46. The Hall–Kier alpha value is -0.120. The highest BCUT2D eigenvalue weighted by molar-refractivity contribution is 4.78. The van der Waals surface area contributed by atoms with Crippen molar-refractivity contribution in [1.82, 2.24) is 0 Å². The molecule has 0 bridgehead atoms. The Morgan fingerprint density at radius 2 is 2.00 bits per heavy atom. The first-order valence-electron chi connectivity index (χ1n) is 2.89. The Morgan fingerprint density at radius 1 is 1.25 bits per heavy atom. The van der Waals surface area contributed by atoms with E-state index in [1.165, 1.54) is 0 Å². The molecule has 0 radical (unpaired) electrons. The van der Waals surface area contributed by atoms with Gasteiger partial charge in [0.1, 0.15) is 0 Å². The van der Waals surface area contributed by atoms with E-state index in [2.05, 4.69) is 0 Å². The minimum atomic E-state index is 0.0590. The molecule has 0 aliphatic carbocycles. The molecular formula is C5H12N2O. The predicted molar refractivity (Wildman–Crippen MR) is 31.4 cm³/mol. The minimum absolute atomic E-state index is 0.0590. The highest BCUT2D eigenvalue weighted by Gasteiger charge is 2.17. The lowest BCUT2D eigenvalue weighted by Crippen LogP contribution is -2.48. The average molecular weight is 116 g/mol. The van der Waals surface area contributed by atoms with Crippen LogP contribution in [0.25, 0.3) is 0 Å². The van der Waals surface area contributed by atoms with Gasteiger partial charge in [0.2, 0.25) is 0 Å². The number of nitrogens with two attached hydrogens (primary N) is 2. The summed E-state index contributed by atoms with van der Waals surface area (Å²) < 4.78 is 5.05. The van der Waals surface area contributed by atoms with Gasteiger partial charge in [-0.25, -0.2) is 0 Å². The molecule has 1 rings (SSSR count). The van der Waals surface area contributed by atoms with Gasteiger partial charge in [-0.15, -0.1) is 0 Å². The van der Waals surface area contributed by atoms with Gasteiger partial charge in [0.15, 0.2) is 0 Å². The van der Waals surface area contributed by atoms with Crippen LogP contribution in [0.4, 0.5) is 0 Å². The van der Waals surface area contributed by atoms with Crippen LogP contribution in [0, 0.1) is 0 Å². The van der Waals surface area contributed by atoms with Crippen molar-refractivity contribution in [3.8, 4) is 0 Å². The van der Waals surface area contributed by atoms with Crippen molar-refractivity contribution in [3.05, 3.63) is 0 Å². The molecule has 4 N–H and O–H groups in total. The molecule has 3 nitrogen and oxygen atoms in total. The number of hydrogen-bond donors (Lipinski definition) is 2. The van der Waals surface area contributed by atoms with E-state index in [0.717, 1.165) is 13.0 Å². The summed E-state index contributed by atoms with van der Waals surface area (Å²) in [4.78, 5) is 0. The fourth-order valence-corrected chi connectivity index (χ4v) is 0.777. The van der Waals surface area contributed by atoms with Crippen LogP contribution in [-0.2, 0) is 4.74 Å². The van der Waals surface area contributed by atoms with Gasteiger partial charge in [-0.2, -0.15) is 0 Å². The van der Waals surface area contributed by atoms with Crippen LogP contribution in [0.2, 0.25) is 0 Å². The van der Waals surface area contributed by atoms with Crippen molar-refractivity contribution in [2.24, 2.45) is 11.5 Å². The number of ether oxygens (including phenoxy) is 1. The van der Waals surface area contributed by atoms with Gasteiger partial charge < -0.3 is 16.2 Å². The molecule has 0 saturated carbocycles. The SMILES string of the molecule is N[C@@H]1CCOC[C@H]1N. The highest BCUT2D eigenvalue weighted by atomic mass is 16.5. The van der Waals surface area contributed by atoms with Crippen LogP contribution in [0.1, 0.15) is 6.42 Å².